The van der Waals surface area contributed by atoms with Crippen molar-refractivity contribution in [2.75, 3.05) is 7.11 Å². The minimum absolute atomic E-state index is 0.213. The molecule has 1 fully saturated rings. The number of ether oxygens (including phenoxy) is 1. The third-order valence-corrected chi connectivity index (χ3v) is 2.78. The summed E-state index contributed by atoms with van der Waals surface area (Å²) in [6.45, 7) is 0. The van der Waals surface area contributed by atoms with Crippen LogP contribution in [0, 0.1) is 0 Å². The van der Waals surface area contributed by atoms with E-state index in [0.29, 0.717) is 5.82 Å². The molecule has 1 aliphatic carbocycles. The predicted octanol–water partition coefficient (Wildman–Crippen LogP) is 1.07. The Labute approximate surface area is 82.3 Å². The number of carbonyl (C=O) groups is 1. The maximum Gasteiger partial charge on any atom is 0.319 e. The van der Waals surface area contributed by atoms with Crippen LogP contribution in [0.4, 0.5) is 0 Å². The van der Waals surface area contributed by atoms with Gasteiger partial charge in [-0.15, -0.1) is 0 Å². The molecule has 0 aromatic carbocycles. The molecule has 1 heterocycles. The Morgan fingerprint density at radius 2 is 2.07 bits per heavy atom. The second kappa shape index (κ2) is 3.36. The lowest BCUT2D eigenvalue weighted by molar-refractivity contribution is -0.151. The first-order valence-electron chi connectivity index (χ1n) is 4.65. The standard InChI is InChI=1S/C10H12N2O2/c1-14-9(13)10(4-2-5-10)8-11-6-3-7-12-8/h3,6-7H,2,4-5H2,1H3. The van der Waals surface area contributed by atoms with E-state index in [1.165, 1.54) is 7.11 Å². The zero-order valence-corrected chi connectivity index (χ0v) is 8.06. The number of nitrogens with zero attached hydrogens (tertiary/aromatic N) is 2. The zero-order valence-electron chi connectivity index (χ0n) is 8.06. The molecule has 0 N–H and O–H groups in total. The van der Waals surface area contributed by atoms with Crippen LogP contribution in [0.2, 0.25) is 0 Å². The van der Waals surface area contributed by atoms with E-state index in [1.807, 2.05) is 0 Å². The topological polar surface area (TPSA) is 52.1 Å². The molecular weight excluding hydrogens is 180 g/mol. The van der Waals surface area contributed by atoms with E-state index in [-0.39, 0.29) is 5.97 Å². The fraction of sp³-hybridized carbons (Fsp3) is 0.500. The molecule has 0 atom stereocenters. The zero-order chi connectivity index (χ0) is 10.0. The van der Waals surface area contributed by atoms with E-state index in [4.69, 9.17) is 4.74 Å². The molecule has 0 aliphatic heterocycles. The normalized spacial score (nSPS) is 18.4. The fourth-order valence-electron chi connectivity index (χ4n) is 1.79. The summed E-state index contributed by atoms with van der Waals surface area (Å²) in [5, 5.41) is 0. The summed E-state index contributed by atoms with van der Waals surface area (Å²) in [5.74, 6) is 0.382. The first kappa shape index (κ1) is 9.12. The molecule has 2 rings (SSSR count). The van der Waals surface area contributed by atoms with Gasteiger partial charge in [-0.2, -0.15) is 0 Å². The fourth-order valence-corrected chi connectivity index (χ4v) is 1.79. The molecule has 4 heteroatoms. The Kier molecular flexibility index (Phi) is 2.19. The highest BCUT2D eigenvalue weighted by atomic mass is 16.5. The van der Waals surface area contributed by atoms with E-state index in [1.54, 1.807) is 18.5 Å². The van der Waals surface area contributed by atoms with Crippen LogP contribution in [-0.4, -0.2) is 23.0 Å². The van der Waals surface area contributed by atoms with Crippen LogP contribution in [0.3, 0.4) is 0 Å². The summed E-state index contributed by atoms with van der Waals surface area (Å²) in [6, 6.07) is 1.74. The summed E-state index contributed by atoms with van der Waals surface area (Å²) in [5.41, 5.74) is -0.560. The second-order valence-electron chi connectivity index (χ2n) is 3.50. The number of hydrogen-bond donors (Lipinski definition) is 0. The average molecular weight is 192 g/mol. The molecule has 1 saturated carbocycles. The Bertz CT molecular complexity index is 333. The minimum Gasteiger partial charge on any atom is -0.468 e. The van der Waals surface area contributed by atoms with Gasteiger partial charge >= 0.3 is 5.97 Å². The molecule has 1 aromatic heterocycles. The first-order valence-corrected chi connectivity index (χ1v) is 4.65. The summed E-state index contributed by atoms with van der Waals surface area (Å²) in [6.07, 6.45) is 5.94. The van der Waals surface area contributed by atoms with Crippen LogP contribution >= 0.6 is 0 Å². The highest BCUT2D eigenvalue weighted by Crippen LogP contribution is 2.42. The highest BCUT2D eigenvalue weighted by molar-refractivity contribution is 5.83. The van der Waals surface area contributed by atoms with Crippen molar-refractivity contribution < 1.29 is 9.53 Å². The number of hydrogen-bond acceptors (Lipinski definition) is 4. The summed E-state index contributed by atoms with van der Waals surface area (Å²) >= 11 is 0. The van der Waals surface area contributed by atoms with Gasteiger partial charge in [0.15, 0.2) is 0 Å². The van der Waals surface area contributed by atoms with Crippen LogP contribution in [0.25, 0.3) is 0 Å². The molecule has 0 unspecified atom stereocenters. The van der Waals surface area contributed by atoms with Crippen molar-refractivity contribution in [1.29, 1.82) is 0 Å². The Hall–Kier alpha value is -1.45. The number of methoxy groups -OCH3 is 1. The lowest BCUT2D eigenvalue weighted by Gasteiger charge is -2.36. The highest BCUT2D eigenvalue weighted by Gasteiger charge is 2.49. The van der Waals surface area contributed by atoms with Gasteiger partial charge in [0.2, 0.25) is 0 Å². The molecule has 0 bridgehead atoms. The van der Waals surface area contributed by atoms with Crippen LogP contribution < -0.4 is 0 Å². The molecule has 0 radical (unpaired) electrons. The van der Waals surface area contributed by atoms with E-state index in [9.17, 15) is 4.79 Å². The molecule has 0 amide bonds. The van der Waals surface area contributed by atoms with Gasteiger partial charge in [0.1, 0.15) is 11.2 Å². The minimum atomic E-state index is -0.560. The van der Waals surface area contributed by atoms with Gasteiger partial charge in [-0.1, -0.05) is 6.42 Å². The van der Waals surface area contributed by atoms with Crippen molar-refractivity contribution >= 4 is 5.97 Å². The van der Waals surface area contributed by atoms with E-state index >= 15 is 0 Å². The maximum atomic E-state index is 11.6. The maximum absolute atomic E-state index is 11.6. The van der Waals surface area contributed by atoms with Gasteiger partial charge in [0, 0.05) is 12.4 Å². The largest absolute Gasteiger partial charge is 0.468 e. The smallest absolute Gasteiger partial charge is 0.319 e. The SMILES string of the molecule is COC(=O)C1(c2ncccn2)CCC1. The van der Waals surface area contributed by atoms with Crippen molar-refractivity contribution in [3.63, 3.8) is 0 Å². The molecule has 0 saturated heterocycles. The van der Waals surface area contributed by atoms with Crippen LogP contribution in [0.1, 0.15) is 25.1 Å². The van der Waals surface area contributed by atoms with E-state index in [2.05, 4.69) is 9.97 Å². The quantitative estimate of drug-likeness (QED) is 0.658. The third-order valence-electron chi connectivity index (χ3n) is 2.78. The van der Waals surface area contributed by atoms with Crippen molar-refractivity contribution in [2.24, 2.45) is 0 Å². The Morgan fingerprint density at radius 1 is 1.43 bits per heavy atom. The third kappa shape index (κ3) is 1.18. The molecular formula is C10H12N2O2. The molecule has 0 spiro atoms. The van der Waals surface area contributed by atoms with Crippen molar-refractivity contribution in [2.45, 2.75) is 24.7 Å². The van der Waals surface area contributed by atoms with Gasteiger partial charge < -0.3 is 4.74 Å². The second-order valence-corrected chi connectivity index (χ2v) is 3.50. The molecule has 1 aromatic rings. The van der Waals surface area contributed by atoms with Gasteiger partial charge in [-0.3, -0.25) is 4.79 Å². The lowest BCUT2D eigenvalue weighted by Crippen LogP contribution is -2.44. The van der Waals surface area contributed by atoms with Gasteiger partial charge in [0.05, 0.1) is 7.11 Å². The summed E-state index contributed by atoms with van der Waals surface area (Å²) < 4.78 is 4.79. The van der Waals surface area contributed by atoms with Crippen LogP contribution in [-0.2, 0) is 14.9 Å². The van der Waals surface area contributed by atoms with Crippen molar-refractivity contribution in [1.82, 2.24) is 9.97 Å². The van der Waals surface area contributed by atoms with Gasteiger partial charge in [0.25, 0.3) is 0 Å². The van der Waals surface area contributed by atoms with Gasteiger partial charge in [-0.05, 0) is 18.9 Å². The summed E-state index contributed by atoms with van der Waals surface area (Å²) in [4.78, 5) is 19.9. The predicted molar refractivity (Wildman–Crippen MR) is 49.6 cm³/mol. The van der Waals surface area contributed by atoms with Crippen LogP contribution in [0.5, 0.6) is 0 Å². The first-order chi connectivity index (χ1) is 6.79. The average Bonchev–Trinajstić information content (AvgIpc) is 2.17. The monoisotopic (exact) mass is 192 g/mol. The Morgan fingerprint density at radius 3 is 2.50 bits per heavy atom. The number of carbonyl (C=O) groups excluding carboxylic acids is 1. The lowest BCUT2D eigenvalue weighted by atomic mass is 9.68. The molecule has 4 nitrogen and oxygen atoms in total. The van der Waals surface area contributed by atoms with Crippen molar-refractivity contribution in [3.05, 3.63) is 24.3 Å². The van der Waals surface area contributed by atoms with Crippen LogP contribution in [0.15, 0.2) is 18.5 Å². The number of esters is 1. The number of rotatable bonds is 2. The molecule has 74 valence electrons. The number of aromatic nitrogens is 2. The Balaban J connectivity index is 2.34. The van der Waals surface area contributed by atoms with Crippen molar-refractivity contribution in [3.8, 4) is 0 Å². The van der Waals surface area contributed by atoms with E-state index < -0.39 is 5.41 Å². The molecule has 14 heavy (non-hydrogen) atoms. The summed E-state index contributed by atoms with van der Waals surface area (Å²) in [7, 11) is 1.41. The van der Waals surface area contributed by atoms with Gasteiger partial charge in [-0.25, -0.2) is 9.97 Å². The molecule has 1 aliphatic rings. The van der Waals surface area contributed by atoms with E-state index in [0.717, 1.165) is 19.3 Å².